The molecule has 1 aliphatic carbocycles. The van der Waals surface area contributed by atoms with Crippen molar-refractivity contribution in [3.05, 3.63) is 0 Å². The van der Waals surface area contributed by atoms with Crippen molar-refractivity contribution in [1.29, 1.82) is 0 Å². The predicted molar refractivity (Wildman–Crippen MR) is 97.4 cm³/mol. The molecular weight excluding hydrogens is 342 g/mol. The van der Waals surface area contributed by atoms with E-state index in [1.54, 1.807) is 0 Å². The van der Waals surface area contributed by atoms with Crippen molar-refractivity contribution in [1.82, 2.24) is 13.9 Å². The van der Waals surface area contributed by atoms with Crippen LogP contribution in [0.25, 0.3) is 0 Å². The zero-order chi connectivity index (χ0) is 18.3. The van der Waals surface area contributed by atoms with Gasteiger partial charge in [-0.1, -0.05) is 19.3 Å². The number of ether oxygens (including phenoxy) is 1. The van der Waals surface area contributed by atoms with Crippen LogP contribution in [0.5, 0.6) is 0 Å². The highest BCUT2D eigenvalue weighted by Gasteiger charge is 2.32. The van der Waals surface area contributed by atoms with E-state index in [4.69, 9.17) is 4.74 Å². The molecule has 0 aromatic carbocycles. The Kier molecular flexibility index (Phi) is 8.12. The molecule has 25 heavy (non-hydrogen) atoms. The zero-order valence-electron chi connectivity index (χ0n) is 15.6. The van der Waals surface area contributed by atoms with Gasteiger partial charge in [-0.15, -0.1) is 0 Å². The summed E-state index contributed by atoms with van der Waals surface area (Å²) in [5.74, 6) is -0.0487. The number of amides is 1. The average molecular weight is 376 g/mol. The smallest absolute Gasteiger partial charge is 0.281 e. The monoisotopic (exact) mass is 375 g/mol. The zero-order valence-corrected chi connectivity index (χ0v) is 16.4. The van der Waals surface area contributed by atoms with E-state index >= 15 is 0 Å². The van der Waals surface area contributed by atoms with Crippen LogP contribution in [0.2, 0.25) is 0 Å². The van der Waals surface area contributed by atoms with Gasteiger partial charge in [-0.2, -0.15) is 17.0 Å². The van der Waals surface area contributed by atoms with Gasteiger partial charge in [0.1, 0.15) is 0 Å². The van der Waals surface area contributed by atoms with Gasteiger partial charge in [-0.05, 0) is 32.1 Å². The topological polar surface area (TPSA) is 79.0 Å². The van der Waals surface area contributed by atoms with E-state index in [1.807, 2.05) is 0 Å². The first-order chi connectivity index (χ1) is 11.9. The molecule has 0 aromatic heterocycles. The van der Waals surface area contributed by atoms with Crippen LogP contribution in [0.3, 0.4) is 0 Å². The minimum Gasteiger partial charge on any atom is -0.378 e. The highest BCUT2D eigenvalue weighted by Crippen LogP contribution is 2.21. The summed E-state index contributed by atoms with van der Waals surface area (Å²) in [5.41, 5.74) is 0. The van der Waals surface area contributed by atoms with Gasteiger partial charge >= 0.3 is 0 Å². The van der Waals surface area contributed by atoms with Crippen molar-refractivity contribution in [2.24, 2.45) is 5.92 Å². The van der Waals surface area contributed by atoms with Crippen molar-refractivity contribution in [2.45, 2.75) is 57.5 Å². The Hall–Kier alpha value is -0.700. The molecule has 2 fully saturated rings. The average Bonchev–Trinajstić information content (AvgIpc) is 2.62. The molecule has 0 aromatic rings. The third kappa shape index (κ3) is 6.20. The second-order valence-electron chi connectivity index (χ2n) is 7.24. The molecule has 1 amide bonds. The summed E-state index contributed by atoms with van der Waals surface area (Å²) in [6.07, 6.45) is 8.59. The lowest BCUT2D eigenvalue weighted by molar-refractivity contribution is -0.126. The fourth-order valence-corrected chi connectivity index (χ4v) is 4.62. The van der Waals surface area contributed by atoms with Crippen molar-refractivity contribution in [3.8, 4) is 0 Å². The maximum atomic E-state index is 12.2. The maximum absolute atomic E-state index is 12.2. The Balaban J connectivity index is 1.59. The van der Waals surface area contributed by atoms with Gasteiger partial charge in [-0.3, -0.25) is 4.79 Å². The first-order valence-electron chi connectivity index (χ1n) is 9.48. The van der Waals surface area contributed by atoms with E-state index in [1.165, 1.54) is 54.8 Å². The van der Waals surface area contributed by atoms with Gasteiger partial charge in [0.05, 0.1) is 6.10 Å². The van der Waals surface area contributed by atoms with Crippen molar-refractivity contribution >= 4 is 16.1 Å². The number of nitrogens with zero attached hydrogens (tertiary/aromatic N) is 2. The predicted octanol–water partition coefficient (Wildman–Crippen LogP) is 1.36. The molecule has 2 aliphatic rings. The number of nitrogens with one attached hydrogen (secondary N) is 1. The van der Waals surface area contributed by atoms with E-state index in [0.29, 0.717) is 45.2 Å². The first kappa shape index (κ1) is 20.6. The largest absolute Gasteiger partial charge is 0.378 e. The van der Waals surface area contributed by atoms with E-state index in [0.717, 1.165) is 6.42 Å². The van der Waals surface area contributed by atoms with Crippen LogP contribution in [-0.2, 0) is 19.7 Å². The molecule has 1 aliphatic heterocycles. The number of carbonyl (C=O) groups excluding carboxylic acids is 1. The standard InChI is InChI=1S/C17H33N3O4S/c1-19(2)25(22,23)20-12-9-15(10-13-20)17(21)18-11-6-14-24-16-7-4-3-5-8-16/h15-16H,3-14H2,1-2H3,(H,18,21). The summed E-state index contributed by atoms with van der Waals surface area (Å²) < 4.78 is 32.7. The first-order valence-corrected chi connectivity index (χ1v) is 10.9. The lowest BCUT2D eigenvalue weighted by Crippen LogP contribution is -2.46. The molecule has 0 radical (unpaired) electrons. The van der Waals surface area contributed by atoms with Crippen molar-refractivity contribution in [2.75, 3.05) is 40.3 Å². The highest BCUT2D eigenvalue weighted by atomic mass is 32.2. The summed E-state index contributed by atoms with van der Waals surface area (Å²) in [6.45, 7) is 2.14. The summed E-state index contributed by atoms with van der Waals surface area (Å²) in [6, 6.07) is 0. The molecule has 0 spiro atoms. The fourth-order valence-electron chi connectivity index (χ4n) is 3.49. The van der Waals surface area contributed by atoms with E-state index in [2.05, 4.69) is 5.32 Å². The summed E-state index contributed by atoms with van der Waals surface area (Å²) in [4.78, 5) is 12.2. The number of hydrogen-bond donors (Lipinski definition) is 1. The molecule has 7 nitrogen and oxygen atoms in total. The number of piperidine rings is 1. The number of carbonyl (C=O) groups is 1. The van der Waals surface area contributed by atoms with Crippen molar-refractivity contribution in [3.63, 3.8) is 0 Å². The molecule has 0 atom stereocenters. The normalized spacial score (nSPS) is 21.6. The third-order valence-corrected chi connectivity index (χ3v) is 7.08. The molecule has 0 unspecified atom stereocenters. The summed E-state index contributed by atoms with van der Waals surface area (Å²) >= 11 is 0. The molecule has 1 saturated heterocycles. The lowest BCUT2D eigenvalue weighted by atomic mass is 9.97. The summed E-state index contributed by atoms with van der Waals surface area (Å²) in [5, 5.41) is 2.97. The van der Waals surface area contributed by atoms with Crippen LogP contribution in [0.4, 0.5) is 0 Å². The van der Waals surface area contributed by atoms with Gasteiger partial charge < -0.3 is 10.1 Å². The Morgan fingerprint density at radius 3 is 2.36 bits per heavy atom. The second kappa shape index (κ2) is 9.85. The van der Waals surface area contributed by atoms with Gasteiger partial charge in [-0.25, -0.2) is 0 Å². The molecule has 8 heteroatoms. The molecule has 1 N–H and O–H groups in total. The number of hydrogen-bond acceptors (Lipinski definition) is 4. The van der Waals surface area contributed by atoms with Crippen molar-refractivity contribution < 1.29 is 17.9 Å². The third-order valence-electron chi connectivity index (χ3n) is 5.14. The van der Waals surface area contributed by atoms with Gasteiger partial charge in [0.25, 0.3) is 10.2 Å². The molecule has 2 rings (SSSR count). The number of rotatable bonds is 8. The summed E-state index contributed by atoms with van der Waals surface area (Å²) in [7, 11) is -0.303. The van der Waals surface area contributed by atoms with Gasteiger partial charge in [0.2, 0.25) is 5.91 Å². The van der Waals surface area contributed by atoms with Crippen LogP contribution in [0.1, 0.15) is 51.4 Å². The molecular formula is C17H33N3O4S. The minimum absolute atomic E-state index is 0.0413. The quantitative estimate of drug-likeness (QED) is 0.650. The minimum atomic E-state index is -3.37. The Morgan fingerprint density at radius 1 is 1.12 bits per heavy atom. The van der Waals surface area contributed by atoms with E-state index < -0.39 is 10.2 Å². The van der Waals surface area contributed by atoms with Gasteiger partial charge in [0, 0.05) is 46.3 Å². The van der Waals surface area contributed by atoms with E-state index in [9.17, 15) is 13.2 Å². The van der Waals surface area contributed by atoms with Crippen LogP contribution >= 0.6 is 0 Å². The SMILES string of the molecule is CN(C)S(=O)(=O)N1CCC(C(=O)NCCCOC2CCCCC2)CC1. The molecule has 146 valence electrons. The van der Waals surface area contributed by atoms with Crippen LogP contribution < -0.4 is 5.32 Å². The molecule has 1 saturated carbocycles. The Morgan fingerprint density at radius 2 is 1.76 bits per heavy atom. The second-order valence-corrected chi connectivity index (χ2v) is 9.38. The van der Waals surface area contributed by atoms with E-state index in [-0.39, 0.29) is 11.8 Å². The Bertz CT molecular complexity index is 510. The highest BCUT2D eigenvalue weighted by molar-refractivity contribution is 7.86. The lowest BCUT2D eigenvalue weighted by Gasteiger charge is -2.32. The molecule has 1 heterocycles. The van der Waals surface area contributed by atoms with Gasteiger partial charge in [0.15, 0.2) is 0 Å². The van der Waals surface area contributed by atoms with Crippen LogP contribution in [-0.4, -0.2) is 69.4 Å². The molecule has 0 bridgehead atoms. The van der Waals surface area contributed by atoms with Crippen LogP contribution in [0.15, 0.2) is 0 Å². The maximum Gasteiger partial charge on any atom is 0.281 e. The Labute approximate surface area is 152 Å². The van der Waals surface area contributed by atoms with Crippen LogP contribution in [0, 0.1) is 5.92 Å². The fraction of sp³-hybridized carbons (Fsp3) is 0.941.